The Hall–Kier alpha value is -3.27. The summed E-state index contributed by atoms with van der Waals surface area (Å²) in [5.41, 5.74) is -1.60. The number of rotatable bonds is 3. The topological polar surface area (TPSA) is 132 Å². The Morgan fingerprint density at radius 1 is 1.33 bits per heavy atom. The lowest BCUT2D eigenvalue weighted by Crippen LogP contribution is -2.57. The molecule has 1 aliphatic rings. The minimum Gasteiger partial charge on any atom is -0.463 e. The first kappa shape index (κ1) is 15.6. The molecule has 2 aromatic rings. The van der Waals surface area contributed by atoms with E-state index in [1.54, 1.807) is 30.3 Å². The van der Waals surface area contributed by atoms with Crippen molar-refractivity contribution >= 4 is 17.7 Å². The Kier molecular flexibility index (Phi) is 3.53. The maximum atomic E-state index is 12.6. The lowest BCUT2D eigenvalue weighted by Gasteiger charge is -2.29. The zero-order valence-electron chi connectivity index (χ0n) is 12.7. The summed E-state index contributed by atoms with van der Waals surface area (Å²) in [5, 5.41) is 27.6. The number of carbonyl (C=O) groups excluding carboxylic acids is 1. The summed E-state index contributed by atoms with van der Waals surface area (Å²) in [5.74, 6) is -1.05. The van der Waals surface area contributed by atoms with Crippen molar-refractivity contribution in [1.82, 2.24) is 20.2 Å². The Bertz CT molecular complexity index is 833. The number of likely N-dealkylation sites (N-methyl/N-ethyl adjacent to an activating group) is 1. The Labute approximate surface area is 135 Å². The number of nitrogens with zero attached hydrogens (tertiary/aromatic N) is 5. The summed E-state index contributed by atoms with van der Waals surface area (Å²) in [6, 6.07) is 8.73. The molecule has 0 radical (unpaired) electrons. The highest BCUT2D eigenvalue weighted by atomic mass is 16.6. The van der Waals surface area contributed by atoms with Crippen LogP contribution in [0.1, 0.15) is 12.7 Å². The molecule has 0 saturated carbocycles. The van der Waals surface area contributed by atoms with Crippen molar-refractivity contribution in [3.05, 3.63) is 36.2 Å². The van der Waals surface area contributed by atoms with Crippen molar-refractivity contribution in [3.63, 3.8) is 0 Å². The number of hydrogen-bond acceptors (Lipinski definition) is 7. The Morgan fingerprint density at radius 3 is 2.54 bits per heavy atom. The molecule has 0 bridgehead atoms. The van der Waals surface area contributed by atoms with Gasteiger partial charge < -0.3 is 9.63 Å². The number of carbonyl (C=O) groups is 2. The number of hydrogen-bond donors (Lipinski definition) is 2. The fraction of sp³-hybridized carbons (Fsp3) is 0.214. The first-order chi connectivity index (χ1) is 11.4. The molecule has 2 amide bonds. The minimum absolute atomic E-state index is 0.000289. The van der Waals surface area contributed by atoms with Crippen LogP contribution in [0.3, 0.4) is 0 Å². The third kappa shape index (κ3) is 2.04. The molecule has 1 aliphatic heterocycles. The molecular formula is C14H13N5O5. The van der Waals surface area contributed by atoms with E-state index >= 15 is 0 Å². The van der Waals surface area contributed by atoms with Gasteiger partial charge in [0.25, 0.3) is 17.3 Å². The number of benzene rings is 1. The molecule has 2 heterocycles. The standard InChI is InChI=1S/C14H13N5O5/c1-8-14(19(23)13(21)22,12(20)18(2)16-8)11-15-10(24-17-11)9-6-4-3-5-7-9/h3-7,23H,1-2H3,(H,21,22). The molecule has 0 spiro atoms. The average Bonchev–Trinajstić information content (AvgIpc) is 3.13. The van der Waals surface area contributed by atoms with Gasteiger partial charge in [-0.05, 0) is 19.1 Å². The molecule has 10 nitrogen and oxygen atoms in total. The van der Waals surface area contributed by atoms with E-state index in [0.29, 0.717) is 5.56 Å². The molecule has 24 heavy (non-hydrogen) atoms. The molecule has 1 atom stereocenters. The molecule has 0 aliphatic carbocycles. The van der Waals surface area contributed by atoms with Gasteiger partial charge in [0.1, 0.15) is 0 Å². The second-order valence-electron chi connectivity index (χ2n) is 5.11. The number of amides is 2. The van der Waals surface area contributed by atoms with Gasteiger partial charge in [-0.15, -0.1) is 0 Å². The summed E-state index contributed by atoms with van der Waals surface area (Å²) >= 11 is 0. The third-order valence-electron chi connectivity index (χ3n) is 3.70. The summed E-state index contributed by atoms with van der Waals surface area (Å²) in [6.45, 7) is 1.39. The van der Waals surface area contributed by atoms with Gasteiger partial charge in [0.15, 0.2) is 0 Å². The first-order valence-electron chi connectivity index (χ1n) is 6.84. The van der Waals surface area contributed by atoms with Crippen LogP contribution in [0.2, 0.25) is 0 Å². The Balaban J connectivity index is 2.15. The lowest BCUT2D eigenvalue weighted by atomic mass is 9.92. The van der Waals surface area contributed by atoms with E-state index in [9.17, 15) is 19.9 Å². The molecule has 3 rings (SSSR count). The number of hydrazone groups is 1. The lowest BCUT2D eigenvalue weighted by molar-refractivity contribution is -0.161. The highest BCUT2D eigenvalue weighted by molar-refractivity contribution is 6.16. The van der Waals surface area contributed by atoms with E-state index in [0.717, 1.165) is 5.01 Å². The smallest absolute Gasteiger partial charge is 0.433 e. The predicted molar refractivity (Wildman–Crippen MR) is 78.9 cm³/mol. The highest BCUT2D eigenvalue weighted by Gasteiger charge is 2.60. The fourth-order valence-corrected chi connectivity index (χ4v) is 2.54. The second-order valence-corrected chi connectivity index (χ2v) is 5.11. The van der Waals surface area contributed by atoms with Crippen LogP contribution in [0.5, 0.6) is 0 Å². The molecule has 0 saturated heterocycles. The second kappa shape index (κ2) is 5.42. The van der Waals surface area contributed by atoms with Crippen LogP contribution in [0.15, 0.2) is 40.0 Å². The van der Waals surface area contributed by atoms with E-state index in [2.05, 4.69) is 15.2 Å². The minimum atomic E-state index is -2.18. The molecule has 10 heteroatoms. The zero-order chi connectivity index (χ0) is 17.5. The maximum absolute atomic E-state index is 12.6. The zero-order valence-corrected chi connectivity index (χ0v) is 12.7. The number of carboxylic acid groups (broad SMARTS) is 1. The van der Waals surface area contributed by atoms with Crippen molar-refractivity contribution in [2.75, 3.05) is 7.05 Å². The average molecular weight is 331 g/mol. The predicted octanol–water partition coefficient (Wildman–Crippen LogP) is 1.15. The molecule has 1 aromatic heterocycles. The van der Waals surface area contributed by atoms with Crippen LogP contribution >= 0.6 is 0 Å². The van der Waals surface area contributed by atoms with Gasteiger partial charge in [-0.3, -0.25) is 10.0 Å². The van der Waals surface area contributed by atoms with E-state index in [4.69, 9.17) is 4.52 Å². The maximum Gasteiger partial charge on any atom is 0.433 e. The first-order valence-corrected chi connectivity index (χ1v) is 6.84. The normalized spacial score (nSPS) is 20.2. The van der Waals surface area contributed by atoms with Crippen molar-refractivity contribution < 1.29 is 24.4 Å². The number of aromatic nitrogens is 2. The van der Waals surface area contributed by atoms with Crippen molar-refractivity contribution in [1.29, 1.82) is 0 Å². The summed E-state index contributed by atoms with van der Waals surface area (Å²) in [4.78, 5) is 28.0. The quantitative estimate of drug-likeness (QED) is 0.636. The van der Waals surface area contributed by atoms with Crippen LogP contribution < -0.4 is 0 Å². The fourth-order valence-electron chi connectivity index (χ4n) is 2.54. The van der Waals surface area contributed by atoms with Crippen LogP contribution in [0.4, 0.5) is 4.79 Å². The SMILES string of the molecule is CC1=NN(C)C(=O)C1(c1noc(-c2ccccc2)n1)N(O)C(=O)O. The van der Waals surface area contributed by atoms with Gasteiger partial charge >= 0.3 is 6.09 Å². The van der Waals surface area contributed by atoms with Crippen molar-refractivity contribution in [2.24, 2.45) is 5.10 Å². The van der Waals surface area contributed by atoms with Gasteiger partial charge in [-0.25, -0.2) is 9.80 Å². The monoisotopic (exact) mass is 331 g/mol. The van der Waals surface area contributed by atoms with Crippen molar-refractivity contribution in [2.45, 2.75) is 12.5 Å². The van der Waals surface area contributed by atoms with Crippen LogP contribution in [-0.4, -0.2) is 55.3 Å². The Morgan fingerprint density at radius 2 is 2.00 bits per heavy atom. The number of hydroxylamine groups is 2. The molecule has 2 N–H and O–H groups in total. The van der Waals surface area contributed by atoms with E-state index in [-0.39, 0.29) is 22.5 Å². The molecule has 0 fully saturated rings. The summed E-state index contributed by atoms with van der Waals surface area (Å²) in [6.07, 6.45) is -1.75. The summed E-state index contributed by atoms with van der Waals surface area (Å²) in [7, 11) is 1.33. The van der Waals surface area contributed by atoms with Crippen LogP contribution in [0.25, 0.3) is 11.5 Å². The molecular weight excluding hydrogens is 318 g/mol. The van der Waals surface area contributed by atoms with Gasteiger partial charge in [0.05, 0.1) is 5.71 Å². The van der Waals surface area contributed by atoms with Gasteiger partial charge in [-0.1, -0.05) is 23.4 Å². The molecule has 124 valence electrons. The largest absolute Gasteiger partial charge is 0.463 e. The van der Waals surface area contributed by atoms with Crippen LogP contribution in [0, 0.1) is 0 Å². The van der Waals surface area contributed by atoms with Crippen molar-refractivity contribution in [3.8, 4) is 11.5 Å². The third-order valence-corrected chi connectivity index (χ3v) is 3.70. The van der Waals surface area contributed by atoms with Gasteiger partial charge in [-0.2, -0.15) is 15.1 Å². The van der Waals surface area contributed by atoms with Gasteiger partial charge in [0, 0.05) is 12.6 Å². The van der Waals surface area contributed by atoms with Crippen LogP contribution in [-0.2, 0) is 10.3 Å². The highest BCUT2D eigenvalue weighted by Crippen LogP contribution is 2.35. The molecule has 1 unspecified atom stereocenters. The van der Waals surface area contributed by atoms with E-state index in [1.807, 2.05) is 0 Å². The van der Waals surface area contributed by atoms with E-state index in [1.165, 1.54) is 14.0 Å². The van der Waals surface area contributed by atoms with Gasteiger partial charge in [0.2, 0.25) is 5.82 Å². The summed E-state index contributed by atoms with van der Waals surface area (Å²) < 4.78 is 5.13. The molecule has 1 aromatic carbocycles. The van der Waals surface area contributed by atoms with E-state index < -0.39 is 17.5 Å².